The van der Waals surface area contributed by atoms with E-state index in [1.807, 2.05) is 0 Å². The summed E-state index contributed by atoms with van der Waals surface area (Å²) < 4.78 is 25.3. The Balaban J connectivity index is 2.44. The predicted octanol–water partition coefficient (Wildman–Crippen LogP) is 1.95. The number of aliphatic hydroxyl groups is 1. The lowest BCUT2D eigenvalue weighted by Crippen LogP contribution is -2.04. The van der Waals surface area contributed by atoms with E-state index in [-0.39, 0.29) is 0 Å². The molecule has 3 heteroatoms. The first kappa shape index (κ1) is 7.68. The lowest BCUT2D eigenvalue weighted by Gasteiger charge is -2.07. The lowest BCUT2D eigenvalue weighted by atomic mass is 10.1. The Labute approximate surface area is 68.6 Å². The van der Waals surface area contributed by atoms with Crippen molar-refractivity contribution in [2.45, 2.75) is 18.4 Å². The van der Waals surface area contributed by atoms with Crippen LogP contribution in [-0.2, 0) is 5.60 Å². The Hall–Kier alpha value is -0.960. The SMILES string of the molecule is OC1(c2cc(F)cc(F)c2)CC1. The highest BCUT2D eigenvalue weighted by Crippen LogP contribution is 2.45. The fourth-order valence-corrected chi connectivity index (χ4v) is 1.23. The quantitative estimate of drug-likeness (QED) is 0.682. The highest BCUT2D eigenvalue weighted by molar-refractivity contribution is 5.28. The molecular weight excluding hydrogens is 162 g/mol. The molecular formula is C9H8F2O. The van der Waals surface area contributed by atoms with Crippen molar-refractivity contribution in [3.63, 3.8) is 0 Å². The molecule has 0 radical (unpaired) electrons. The average molecular weight is 170 g/mol. The van der Waals surface area contributed by atoms with Crippen LogP contribution in [0, 0.1) is 11.6 Å². The molecule has 1 saturated carbocycles. The number of rotatable bonds is 1. The van der Waals surface area contributed by atoms with Gasteiger partial charge in [0.2, 0.25) is 0 Å². The minimum Gasteiger partial charge on any atom is -0.385 e. The maximum Gasteiger partial charge on any atom is 0.126 e. The van der Waals surface area contributed by atoms with Gasteiger partial charge in [-0.15, -0.1) is 0 Å². The third-order valence-corrected chi connectivity index (χ3v) is 2.12. The number of hydrogen-bond donors (Lipinski definition) is 1. The van der Waals surface area contributed by atoms with Gasteiger partial charge >= 0.3 is 0 Å². The van der Waals surface area contributed by atoms with Gasteiger partial charge in [-0.3, -0.25) is 0 Å². The molecule has 1 aromatic carbocycles. The van der Waals surface area contributed by atoms with E-state index in [9.17, 15) is 13.9 Å². The third kappa shape index (κ3) is 1.20. The maximum absolute atomic E-state index is 12.6. The van der Waals surface area contributed by atoms with Crippen molar-refractivity contribution >= 4 is 0 Å². The van der Waals surface area contributed by atoms with E-state index < -0.39 is 17.2 Å². The topological polar surface area (TPSA) is 20.2 Å². The van der Waals surface area contributed by atoms with Gasteiger partial charge in [-0.05, 0) is 30.5 Å². The number of hydrogen-bond acceptors (Lipinski definition) is 1. The van der Waals surface area contributed by atoms with Gasteiger partial charge in [0.15, 0.2) is 0 Å². The summed E-state index contributed by atoms with van der Waals surface area (Å²) >= 11 is 0. The van der Waals surface area contributed by atoms with E-state index in [0.717, 1.165) is 6.07 Å². The van der Waals surface area contributed by atoms with Gasteiger partial charge in [0.05, 0.1) is 5.60 Å². The molecule has 1 aliphatic rings. The van der Waals surface area contributed by atoms with Crippen molar-refractivity contribution < 1.29 is 13.9 Å². The zero-order chi connectivity index (χ0) is 8.77. The van der Waals surface area contributed by atoms with Crippen LogP contribution in [0.15, 0.2) is 18.2 Å². The van der Waals surface area contributed by atoms with Crippen LogP contribution in [0.3, 0.4) is 0 Å². The molecule has 0 unspecified atom stereocenters. The molecule has 64 valence electrons. The van der Waals surface area contributed by atoms with Crippen LogP contribution in [0.25, 0.3) is 0 Å². The summed E-state index contributed by atoms with van der Waals surface area (Å²) in [5.41, 5.74) is -0.608. The smallest absolute Gasteiger partial charge is 0.126 e. The van der Waals surface area contributed by atoms with Gasteiger partial charge in [0.25, 0.3) is 0 Å². The molecule has 2 rings (SSSR count). The molecule has 1 fully saturated rings. The summed E-state index contributed by atoms with van der Waals surface area (Å²) in [5.74, 6) is -1.27. The van der Waals surface area contributed by atoms with Crippen molar-refractivity contribution in [3.8, 4) is 0 Å². The fraction of sp³-hybridized carbons (Fsp3) is 0.333. The minimum absolute atomic E-state index is 0.347. The number of halogens is 2. The summed E-state index contributed by atoms with van der Waals surface area (Å²) in [7, 11) is 0. The van der Waals surface area contributed by atoms with Crippen molar-refractivity contribution in [2.75, 3.05) is 0 Å². The molecule has 1 nitrogen and oxygen atoms in total. The lowest BCUT2D eigenvalue weighted by molar-refractivity contribution is 0.150. The molecule has 12 heavy (non-hydrogen) atoms. The molecule has 0 atom stereocenters. The standard InChI is InChI=1S/C9H8F2O/c10-7-3-6(4-8(11)5-7)9(12)1-2-9/h3-5,12H,1-2H2. The van der Waals surface area contributed by atoms with E-state index in [1.165, 1.54) is 12.1 Å². The van der Waals surface area contributed by atoms with Crippen LogP contribution >= 0.6 is 0 Å². The second kappa shape index (κ2) is 2.26. The monoisotopic (exact) mass is 170 g/mol. The van der Waals surface area contributed by atoms with Crippen molar-refractivity contribution in [2.24, 2.45) is 0 Å². The molecule has 1 N–H and O–H groups in total. The van der Waals surface area contributed by atoms with Gasteiger partial charge in [-0.1, -0.05) is 0 Å². The van der Waals surface area contributed by atoms with Crippen molar-refractivity contribution in [1.29, 1.82) is 0 Å². The van der Waals surface area contributed by atoms with Crippen molar-refractivity contribution in [1.82, 2.24) is 0 Å². The summed E-state index contributed by atoms with van der Waals surface area (Å²) in [6, 6.07) is 3.15. The van der Waals surface area contributed by atoms with Gasteiger partial charge in [0.1, 0.15) is 11.6 Å². The molecule has 0 saturated heterocycles. The van der Waals surface area contributed by atoms with E-state index in [2.05, 4.69) is 0 Å². The molecule has 0 amide bonds. The second-order valence-corrected chi connectivity index (χ2v) is 3.19. The fourth-order valence-electron chi connectivity index (χ4n) is 1.23. The third-order valence-electron chi connectivity index (χ3n) is 2.12. The van der Waals surface area contributed by atoms with Crippen LogP contribution in [0.2, 0.25) is 0 Å². The highest BCUT2D eigenvalue weighted by Gasteiger charge is 2.42. The normalized spacial score (nSPS) is 19.2. The molecule has 0 spiro atoms. The minimum atomic E-state index is -0.955. The molecule has 0 heterocycles. The van der Waals surface area contributed by atoms with Gasteiger partial charge in [-0.25, -0.2) is 8.78 Å². The van der Waals surface area contributed by atoms with E-state index >= 15 is 0 Å². The van der Waals surface area contributed by atoms with Crippen molar-refractivity contribution in [3.05, 3.63) is 35.4 Å². The van der Waals surface area contributed by atoms with Crippen LogP contribution in [0.1, 0.15) is 18.4 Å². The average Bonchev–Trinajstić information content (AvgIpc) is 2.67. The summed E-state index contributed by atoms with van der Waals surface area (Å²) in [6.07, 6.45) is 1.19. The summed E-state index contributed by atoms with van der Waals surface area (Å²) in [6.45, 7) is 0. The van der Waals surface area contributed by atoms with Gasteiger partial charge < -0.3 is 5.11 Å². The molecule has 1 aromatic rings. The highest BCUT2D eigenvalue weighted by atomic mass is 19.1. The number of benzene rings is 1. The molecule has 1 aliphatic carbocycles. The van der Waals surface area contributed by atoms with Crippen LogP contribution in [0.4, 0.5) is 8.78 Å². The van der Waals surface area contributed by atoms with Gasteiger partial charge in [-0.2, -0.15) is 0 Å². The molecule has 0 aromatic heterocycles. The summed E-state index contributed by atoms with van der Waals surface area (Å²) in [5, 5.41) is 9.52. The van der Waals surface area contributed by atoms with E-state index in [1.54, 1.807) is 0 Å². The Morgan fingerprint density at radius 2 is 1.58 bits per heavy atom. The Morgan fingerprint density at radius 3 is 2.00 bits per heavy atom. The maximum atomic E-state index is 12.6. The predicted molar refractivity (Wildman–Crippen MR) is 39.5 cm³/mol. The van der Waals surface area contributed by atoms with Crippen LogP contribution in [-0.4, -0.2) is 5.11 Å². The Bertz CT molecular complexity index is 298. The molecule has 0 bridgehead atoms. The zero-order valence-electron chi connectivity index (χ0n) is 6.35. The van der Waals surface area contributed by atoms with Crippen LogP contribution in [0.5, 0.6) is 0 Å². The second-order valence-electron chi connectivity index (χ2n) is 3.19. The molecule has 0 aliphatic heterocycles. The van der Waals surface area contributed by atoms with Gasteiger partial charge in [0, 0.05) is 6.07 Å². The Kier molecular flexibility index (Phi) is 1.45. The van der Waals surface area contributed by atoms with E-state index in [0.29, 0.717) is 18.4 Å². The first-order valence-electron chi connectivity index (χ1n) is 3.79. The first-order chi connectivity index (χ1) is 5.60. The largest absolute Gasteiger partial charge is 0.385 e. The Morgan fingerprint density at radius 1 is 1.08 bits per heavy atom. The summed E-state index contributed by atoms with van der Waals surface area (Å²) in [4.78, 5) is 0. The van der Waals surface area contributed by atoms with Crippen LogP contribution < -0.4 is 0 Å². The zero-order valence-corrected chi connectivity index (χ0v) is 6.35. The first-order valence-corrected chi connectivity index (χ1v) is 3.79. The van der Waals surface area contributed by atoms with E-state index in [4.69, 9.17) is 0 Å².